The minimum atomic E-state index is 0.173. The van der Waals surface area contributed by atoms with Gasteiger partial charge < -0.3 is 15.1 Å². The van der Waals surface area contributed by atoms with E-state index < -0.39 is 0 Å². The zero-order valence-corrected chi connectivity index (χ0v) is 28.0. The van der Waals surface area contributed by atoms with Crippen molar-refractivity contribution < 1.29 is 4.79 Å². The number of amides is 1. The minimum Gasteiger partial charge on any atom is -0.378 e. The third-order valence-corrected chi connectivity index (χ3v) is 9.58. The Balaban J connectivity index is 1.58. The van der Waals surface area contributed by atoms with Gasteiger partial charge in [0.25, 0.3) is 0 Å². The van der Waals surface area contributed by atoms with Crippen LogP contribution in [0.15, 0.2) is 71.0 Å². The van der Waals surface area contributed by atoms with Crippen LogP contribution in [0, 0.1) is 5.92 Å². The summed E-state index contributed by atoms with van der Waals surface area (Å²) in [6.07, 6.45) is 9.44. The van der Waals surface area contributed by atoms with Crippen molar-refractivity contribution in [2.24, 2.45) is 5.92 Å². The summed E-state index contributed by atoms with van der Waals surface area (Å²) in [5.74, 6) is 2.22. The monoisotopic (exact) mass is 582 g/mol. The number of nitrogens with one attached hydrogen (secondary N) is 1. The highest BCUT2D eigenvalue weighted by Crippen LogP contribution is 2.36. The number of allylic oxidation sites excluding steroid dienone is 4. The number of likely N-dealkylation sites (tertiary alicyclic amines) is 1. The van der Waals surface area contributed by atoms with Crippen LogP contribution in [0.2, 0.25) is 0 Å². The second kappa shape index (κ2) is 14.9. The molecule has 1 N–H and O–H groups in total. The predicted octanol–water partition coefficient (Wildman–Crippen LogP) is 9.36. The van der Waals surface area contributed by atoms with Gasteiger partial charge in [0.05, 0.1) is 11.7 Å². The van der Waals surface area contributed by atoms with Crippen molar-refractivity contribution in [1.29, 1.82) is 0 Å². The standard InChI is InChI=1S/C38H54N4O/c1-9-28(10-2)37(33(11-3)35-14-13-15-36(40-35)41(8)27(7)26(5)6)34(12-4)39-32-20-18-29(19-21-32)30-22-24-42(25-23-30)38(43)31-16-17-31/h9,13-15,18-21,30-31,34,39H,10-12,16-17,22-25H2,1-8H3/b28-9-,37-33-. The summed E-state index contributed by atoms with van der Waals surface area (Å²) in [4.78, 5) is 22.0. The number of carbonyl (C=O) groups excluding carboxylic acids is 1. The van der Waals surface area contributed by atoms with Gasteiger partial charge in [0.1, 0.15) is 5.82 Å². The molecular weight excluding hydrogens is 528 g/mol. The fourth-order valence-electron chi connectivity index (χ4n) is 6.43. The Kier molecular flexibility index (Phi) is 11.3. The van der Waals surface area contributed by atoms with Crippen molar-refractivity contribution in [3.05, 3.63) is 82.2 Å². The summed E-state index contributed by atoms with van der Waals surface area (Å²) in [6.45, 7) is 17.2. The van der Waals surface area contributed by atoms with Gasteiger partial charge in [-0.05, 0) is 125 Å². The molecule has 1 unspecified atom stereocenters. The molecule has 1 amide bonds. The Bertz CT molecular complexity index is 1340. The van der Waals surface area contributed by atoms with E-state index in [2.05, 4.69) is 119 Å². The number of pyridine rings is 1. The number of hydrogen-bond donors (Lipinski definition) is 1. The van der Waals surface area contributed by atoms with E-state index in [1.165, 1.54) is 33.6 Å². The van der Waals surface area contributed by atoms with Crippen molar-refractivity contribution >= 4 is 23.0 Å². The predicted molar refractivity (Wildman–Crippen MR) is 183 cm³/mol. The summed E-state index contributed by atoms with van der Waals surface area (Å²) in [5.41, 5.74) is 10.2. The number of carbonyl (C=O) groups is 1. The van der Waals surface area contributed by atoms with Crippen LogP contribution in [-0.4, -0.2) is 42.0 Å². The van der Waals surface area contributed by atoms with E-state index in [1.54, 1.807) is 0 Å². The number of piperidine rings is 1. The van der Waals surface area contributed by atoms with Gasteiger partial charge >= 0.3 is 0 Å². The molecule has 2 fully saturated rings. The van der Waals surface area contributed by atoms with Gasteiger partial charge in [0, 0.05) is 37.4 Å². The summed E-state index contributed by atoms with van der Waals surface area (Å²) in [7, 11) is 2.10. The second-order valence-corrected chi connectivity index (χ2v) is 12.5. The van der Waals surface area contributed by atoms with Gasteiger partial charge in [-0.3, -0.25) is 4.79 Å². The molecule has 2 aromatic rings. The Hall–Kier alpha value is -3.34. The maximum atomic E-state index is 12.5. The summed E-state index contributed by atoms with van der Waals surface area (Å²) in [5, 5.41) is 3.91. The van der Waals surface area contributed by atoms with E-state index in [0.717, 1.165) is 75.2 Å². The Morgan fingerprint density at radius 2 is 1.67 bits per heavy atom. The highest BCUT2D eigenvalue weighted by molar-refractivity contribution is 5.81. The van der Waals surface area contributed by atoms with Gasteiger partial charge in [-0.2, -0.15) is 0 Å². The molecule has 1 aromatic carbocycles. The van der Waals surface area contributed by atoms with E-state index in [-0.39, 0.29) is 6.04 Å². The van der Waals surface area contributed by atoms with Crippen LogP contribution in [0.3, 0.4) is 0 Å². The third-order valence-electron chi connectivity index (χ3n) is 9.58. The smallest absolute Gasteiger partial charge is 0.225 e. The van der Waals surface area contributed by atoms with E-state index in [9.17, 15) is 4.79 Å². The molecule has 1 aromatic heterocycles. The molecule has 0 spiro atoms. The largest absolute Gasteiger partial charge is 0.378 e. The van der Waals surface area contributed by atoms with Crippen LogP contribution in [-0.2, 0) is 4.79 Å². The SMILES string of the molecule is C/C=C(CC)\C(=C(/CC)c1cccc(N(C)C(C)=C(C)C)n1)C(CC)Nc1ccc(C2CCN(C(=O)C3CC3)CC2)cc1. The van der Waals surface area contributed by atoms with Crippen LogP contribution in [0.4, 0.5) is 11.5 Å². The zero-order chi connectivity index (χ0) is 31.1. The topological polar surface area (TPSA) is 48.5 Å². The first-order valence-electron chi connectivity index (χ1n) is 16.6. The Morgan fingerprint density at radius 3 is 2.21 bits per heavy atom. The van der Waals surface area contributed by atoms with Gasteiger partial charge in [-0.1, -0.05) is 50.6 Å². The molecule has 1 atom stereocenters. The first-order chi connectivity index (χ1) is 20.7. The van der Waals surface area contributed by atoms with Crippen LogP contribution in [0.1, 0.15) is 111 Å². The summed E-state index contributed by atoms with van der Waals surface area (Å²) < 4.78 is 0. The molecule has 5 nitrogen and oxygen atoms in total. The lowest BCUT2D eigenvalue weighted by atomic mass is 9.86. The molecule has 2 aliphatic rings. The molecule has 0 bridgehead atoms. The van der Waals surface area contributed by atoms with Crippen LogP contribution in [0.25, 0.3) is 5.57 Å². The van der Waals surface area contributed by atoms with Gasteiger partial charge in [0.15, 0.2) is 0 Å². The van der Waals surface area contributed by atoms with Crippen LogP contribution < -0.4 is 10.2 Å². The number of anilines is 2. The lowest BCUT2D eigenvalue weighted by Gasteiger charge is -2.32. The average molecular weight is 583 g/mol. The lowest BCUT2D eigenvalue weighted by molar-refractivity contribution is -0.133. The van der Waals surface area contributed by atoms with E-state index >= 15 is 0 Å². The molecule has 0 radical (unpaired) electrons. The highest BCUT2D eigenvalue weighted by Gasteiger charge is 2.35. The number of benzene rings is 1. The molecule has 43 heavy (non-hydrogen) atoms. The first kappa shape index (κ1) is 32.6. The summed E-state index contributed by atoms with van der Waals surface area (Å²) >= 11 is 0. The molecule has 5 heteroatoms. The summed E-state index contributed by atoms with van der Waals surface area (Å²) in [6, 6.07) is 15.7. The first-order valence-corrected chi connectivity index (χ1v) is 16.6. The third kappa shape index (κ3) is 7.79. The highest BCUT2D eigenvalue weighted by atomic mass is 16.2. The molecule has 1 saturated carbocycles. The van der Waals surface area contributed by atoms with Gasteiger partial charge in [-0.15, -0.1) is 0 Å². The molecule has 232 valence electrons. The fourth-order valence-corrected chi connectivity index (χ4v) is 6.43. The maximum absolute atomic E-state index is 12.5. The molecule has 2 heterocycles. The minimum absolute atomic E-state index is 0.173. The van der Waals surface area contributed by atoms with Crippen molar-refractivity contribution in [3.63, 3.8) is 0 Å². The molecule has 1 saturated heterocycles. The average Bonchev–Trinajstić information content (AvgIpc) is 3.89. The lowest BCUT2D eigenvalue weighted by Crippen LogP contribution is -2.38. The Labute approximate surface area is 261 Å². The second-order valence-electron chi connectivity index (χ2n) is 12.5. The van der Waals surface area contributed by atoms with Crippen molar-refractivity contribution in [2.45, 2.75) is 105 Å². The molecular formula is C38H54N4O. The molecule has 4 rings (SSSR count). The quantitative estimate of drug-likeness (QED) is 0.253. The number of hydrogen-bond acceptors (Lipinski definition) is 4. The van der Waals surface area contributed by atoms with Gasteiger partial charge in [-0.25, -0.2) is 4.98 Å². The van der Waals surface area contributed by atoms with Crippen molar-refractivity contribution in [2.75, 3.05) is 30.4 Å². The van der Waals surface area contributed by atoms with Gasteiger partial charge in [0.2, 0.25) is 5.91 Å². The van der Waals surface area contributed by atoms with Crippen molar-refractivity contribution in [1.82, 2.24) is 9.88 Å². The fraction of sp³-hybridized carbons (Fsp3) is 0.526. The van der Waals surface area contributed by atoms with Crippen molar-refractivity contribution in [3.8, 4) is 0 Å². The number of aromatic nitrogens is 1. The number of rotatable bonds is 12. The van der Waals surface area contributed by atoms with E-state index in [0.29, 0.717) is 17.7 Å². The van der Waals surface area contributed by atoms with E-state index in [4.69, 9.17) is 4.98 Å². The molecule has 1 aliphatic carbocycles. The normalized spacial score (nSPS) is 17.3. The molecule has 1 aliphatic heterocycles. The van der Waals surface area contributed by atoms with Crippen LogP contribution >= 0.6 is 0 Å². The van der Waals surface area contributed by atoms with E-state index in [1.807, 2.05) is 0 Å². The zero-order valence-electron chi connectivity index (χ0n) is 28.0. The van der Waals surface area contributed by atoms with Crippen LogP contribution in [0.5, 0.6) is 0 Å². The number of nitrogens with zero attached hydrogens (tertiary/aromatic N) is 3. The maximum Gasteiger partial charge on any atom is 0.225 e. The Morgan fingerprint density at radius 1 is 1.00 bits per heavy atom.